The molecule has 0 radical (unpaired) electrons. The average Bonchev–Trinajstić information content (AvgIpc) is 2.44. The number of nitrogens with zero attached hydrogens (tertiary/aromatic N) is 3. The van der Waals surface area contributed by atoms with Gasteiger partial charge < -0.3 is 0 Å². The third-order valence-electron chi connectivity index (χ3n) is 1.34. The molecular weight excluding hydrogens is 128 g/mol. The molecule has 0 amide bonds. The van der Waals surface area contributed by atoms with E-state index in [0.717, 1.165) is 5.65 Å². The quantitative estimate of drug-likeness (QED) is 0.568. The third-order valence-corrected chi connectivity index (χ3v) is 1.34. The molecule has 0 aromatic carbocycles. The standard InChI is InChI=1S/C6H4N4/c7-3-5-4-8-6-1-2-9-10(5)6/h1-2,4,9H. The van der Waals surface area contributed by atoms with Crippen LogP contribution < -0.4 is 0 Å². The highest BCUT2D eigenvalue weighted by Crippen LogP contribution is 2.01. The van der Waals surface area contributed by atoms with Crippen molar-refractivity contribution in [2.45, 2.75) is 0 Å². The highest BCUT2D eigenvalue weighted by Gasteiger charge is 1.99. The van der Waals surface area contributed by atoms with E-state index in [1.807, 2.05) is 6.07 Å². The molecule has 2 heterocycles. The van der Waals surface area contributed by atoms with Gasteiger partial charge in [-0.1, -0.05) is 0 Å². The van der Waals surface area contributed by atoms with Crippen molar-refractivity contribution >= 4 is 5.65 Å². The first-order chi connectivity index (χ1) is 4.92. The fourth-order valence-electron chi connectivity index (χ4n) is 0.885. The average molecular weight is 132 g/mol. The number of imidazole rings is 1. The molecule has 2 rings (SSSR count). The predicted molar refractivity (Wildman–Crippen MR) is 34.3 cm³/mol. The molecule has 0 unspecified atom stereocenters. The summed E-state index contributed by atoms with van der Waals surface area (Å²) in [5.74, 6) is 0. The topological polar surface area (TPSA) is 56.9 Å². The lowest BCUT2D eigenvalue weighted by atomic mass is 10.5. The van der Waals surface area contributed by atoms with Crippen molar-refractivity contribution in [1.82, 2.24) is 14.6 Å². The van der Waals surface area contributed by atoms with Crippen LogP contribution in [0, 0.1) is 11.3 Å². The van der Waals surface area contributed by atoms with Gasteiger partial charge >= 0.3 is 0 Å². The molecule has 4 heteroatoms. The normalized spacial score (nSPS) is 9.90. The summed E-state index contributed by atoms with van der Waals surface area (Å²) < 4.78 is 1.62. The minimum absolute atomic E-state index is 0.528. The van der Waals surface area contributed by atoms with E-state index in [-0.39, 0.29) is 0 Å². The van der Waals surface area contributed by atoms with Crippen LogP contribution in [-0.2, 0) is 0 Å². The first-order valence-corrected chi connectivity index (χ1v) is 2.83. The summed E-state index contributed by atoms with van der Waals surface area (Å²) in [7, 11) is 0. The number of nitriles is 1. The summed E-state index contributed by atoms with van der Waals surface area (Å²) in [6.07, 6.45) is 3.27. The fraction of sp³-hybridized carbons (Fsp3) is 0. The van der Waals surface area contributed by atoms with Crippen molar-refractivity contribution in [3.8, 4) is 6.07 Å². The second-order valence-corrected chi connectivity index (χ2v) is 1.91. The Kier molecular flexibility index (Phi) is 0.814. The Morgan fingerprint density at radius 3 is 3.40 bits per heavy atom. The zero-order valence-corrected chi connectivity index (χ0v) is 5.07. The molecule has 10 heavy (non-hydrogen) atoms. The minimum atomic E-state index is 0.528. The number of aromatic nitrogens is 3. The Bertz CT molecular complexity index is 389. The molecule has 0 atom stereocenters. The van der Waals surface area contributed by atoms with Gasteiger partial charge in [-0.3, -0.25) is 5.10 Å². The van der Waals surface area contributed by atoms with Crippen molar-refractivity contribution in [1.29, 1.82) is 5.26 Å². The third kappa shape index (κ3) is 0.463. The zero-order valence-electron chi connectivity index (χ0n) is 5.07. The van der Waals surface area contributed by atoms with Gasteiger partial charge in [-0.25, -0.2) is 9.50 Å². The molecule has 0 saturated heterocycles. The lowest BCUT2D eigenvalue weighted by molar-refractivity contribution is 0.955. The zero-order chi connectivity index (χ0) is 6.97. The van der Waals surface area contributed by atoms with Gasteiger partial charge in [0.1, 0.15) is 6.07 Å². The molecule has 0 bridgehead atoms. The van der Waals surface area contributed by atoms with Crippen LogP contribution in [0.5, 0.6) is 0 Å². The van der Waals surface area contributed by atoms with Crippen molar-refractivity contribution in [2.24, 2.45) is 0 Å². The molecule has 0 aliphatic heterocycles. The molecule has 0 aliphatic carbocycles. The first kappa shape index (κ1) is 5.06. The van der Waals surface area contributed by atoms with E-state index < -0.39 is 0 Å². The van der Waals surface area contributed by atoms with Crippen LogP contribution in [0.15, 0.2) is 18.5 Å². The summed E-state index contributed by atoms with van der Waals surface area (Å²) in [6, 6.07) is 3.81. The number of hydrogen-bond acceptors (Lipinski definition) is 2. The van der Waals surface area contributed by atoms with Crippen molar-refractivity contribution in [2.75, 3.05) is 0 Å². The SMILES string of the molecule is N#Cc1cnc2cc[nH]n12. The lowest BCUT2D eigenvalue weighted by Gasteiger charge is -1.81. The highest BCUT2D eigenvalue weighted by atomic mass is 15.3. The van der Waals surface area contributed by atoms with Gasteiger partial charge in [-0.15, -0.1) is 0 Å². The number of nitrogens with one attached hydrogen (secondary N) is 1. The minimum Gasteiger partial charge on any atom is -0.299 e. The summed E-state index contributed by atoms with van der Waals surface area (Å²) in [6.45, 7) is 0. The van der Waals surface area contributed by atoms with Gasteiger partial charge in [0.15, 0.2) is 11.3 Å². The molecule has 2 aromatic rings. The Hall–Kier alpha value is -1.76. The maximum Gasteiger partial charge on any atom is 0.160 e. The van der Waals surface area contributed by atoms with E-state index in [0.29, 0.717) is 5.69 Å². The second-order valence-electron chi connectivity index (χ2n) is 1.91. The number of fused-ring (bicyclic) bond motifs is 1. The van der Waals surface area contributed by atoms with Crippen LogP contribution in [0.1, 0.15) is 5.69 Å². The Morgan fingerprint density at radius 2 is 2.60 bits per heavy atom. The maximum absolute atomic E-state index is 8.51. The molecule has 2 aromatic heterocycles. The van der Waals surface area contributed by atoms with Gasteiger partial charge in [-0.2, -0.15) is 5.26 Å². The molecule has 48 valence electrons. The second kappa shape index (κ2) is 1.61. The largest absolute Gasteiger partial charge is 0.299 e. The Balaban J connectivity index is 2.92. The molecule has 0 spiro atoms. The summed E-state index contributed by atoms with van der Waals surface area (Å²) in [4.78, 5) is 3.96. The number of rotatable bonds is 0. The van der Waals surface area contributed by atoms with Crippen LogP contribution in [0.2, 0.25) is 0 Å². The van der Waals surface area contributed by atoms with Crippen molar-refractivity contribution in [3.63, 3.8) is 0 Å². The van der Waals surface area contributed by atoms with Crippen LogP contribution in [0.25, 0.3) is 5.65 Å². The summed E-state index contributed by atoms with van der Waals surface area (Å²) >= 11 is 0. The van der Waals surface area contributed by atoms with E-state index in [9.17, 15) is 0 Å². The van der Waals surface area contributed by atoms with E-state index in [2.05, 4.69) is 10.1 Å². The van der Waals surface area contributed by atoms with Gasteiger partial charge in [0.2, 0.25) is 0 Å². The maximum atomic E-state index is 8.51. The Morgan fingerprint density at radius 1 is 1.70 bits per heavy atom. The smallest absolute Gasteiger partial charge is 0.160 e. The predicted octanol–water partition coefficient (Wildman–Crippen LogP) is 0.534. The molecular formula is C6H4N4. The lowest BCUT2D eigenvalue weighted by Crippen LogP contribution is -1.84. The molecule has 0 fully saturated rings. The first-order valence-electron chi connectivity index (χ1n) is 2.83. The molecule has 0 saturated carbocycles. The van der Waals surface area contributed by atoms with E-state index in [4.69, 9.17) is 5.26 Å². The van der Waals surface area contributed by atoms with Crippen LogP contribution >= 0.6 is 0 Å². The van der Waals surface area contributed by atoms with E-state index in [1.165, 1.54) is 6.20 Å². The number of H-pyrrole nitrogens is 1. The number of aromatic amines is 1. The molecule has 0 aliphatic rings. The molecule has 1 N–H and O–H groups in total. The summed E-state index contributed by atoms with van der Waals surface area (Å²) in [5, 5.41) is 11.4. The number of hydrogen-bond donors (Lipinski definition) is 1. The van der Waals surface area contributed by atoms with Gasteiger partial charge in [0.05, 0.1) is 6.20 Å². The highest BCUT2D eigenvalue weighted by molar-refractivity contribution is 5.41. The van der Waals surface area contributed by atoms with Gasteiger partial charge in [0, 0.05) is 12.3 Å². The monoisotopic (exact) mass is 132 g/mol. The summed E-state index contributed by atoms with van der Waals surface area (Å²) in [5.41, 5.74) is 1.30. The van der Waals surface area contributed by atoms with Crippen LogP contribution in [0.4, 0.5) is 0 Å². The van der Waals surface area contributed by atoms with E-state index in [1.54, 1.807) is 16.8 Å². The van der Waals surface area contributed by atoms with Gasteiger partial charge in [-0.05, 0) is 0 Å². The van der Waals surface area contributed by atoms with Gasteiger partial charge in [0.25, 0.3) is 0 Å². The van der Waals surface area contributed by atoms with Crippen molar-refractivity contribution in [3.05, 3.63) is 24.2 Å². The van der Waals surface area contributed by atoms with E-state index >= 15 is 0 Å². The molecule has 4 nitrogen and oxygen atoms in total. The van der Waals surface area contributed by atoms with Crippen LogP contribution in [0.3, 0.4) is 0 Å². The van der Waals surface area contributed by atoms with Crippen molar-refractivity contribution < 1.29 is 0 Å². The fourth-order valence-corrected chi connectivity index (χ4v) is 0.885. The van der Waals surface area contributed by atoms with Crippen LogP contribution in [-0.4, -0.2) is 14.6 Å². The Labute approximate surface area is 56.7 Å².